The Hall–Kier alpha value is -0.620. The van der Waals surface area contributed by atoms with Crippen molar-refractivity contribution >= 4 is 32.6 Å². The molecule has 0 aliphatic rings. The summed E-state index contributed by atoms with van der Waals surface area (Å²) in [6.07, 6.45) is 4.51. The van der Waals surface area contributed by atoms with Crippen molar-refractivity contribution in [1.82, 2.24) is 9.88 Å². The lowest BCUT2D eigenvalue weighted by atomic mass is 10.3. The van der Waals surface area contributed by atoms with Gasteiger partial charge in [0.25, 0.3) is 5.91 Å². The highest BCUT2D eigenvalue weighted by Crippen LogP contribution is 2.15. The Morgan fingerprint density at radius 2 is 2.28 bits per heavy atom. The van der Waals surface area contributed by atoms with Crippen LogP contribution in [0.15, 0.2) is 16.7 Å². The van der Waals surface area contributed by atoms with E-state index < -0.39 is 10.8 Å². The van der Waals surface area contributed by atoms with E-state index >= 15 is 0 Å². The fraction of sp³-hybridized carbons (Fsp3) is 0.583. The van der Waals surface area contributed by atoms with Gasteiger partial charge in [-0.25, -0.2) is 0 Å². The van der Waals surface area contributed by atoms with Gasteiger partial charge in [-0.2, -0.15) is 0 Å². The lowest BCUT2D eigenvalue weighted by Gasteiger charge is -2.13. The molecule has 0 aromatic carbocycles. The molecular formula is C12H19BrN2O2S. The van der Waals surface area contributed by atoms with Crippen LogP contribution in [0.4, 0.5) is 0 Å². The first-order chi connectivity index (χ1) is 8.43. The molecule has 0 fully saturated rings. The maximum Gasteiger partial charge on any atom is 0.268 e. The van der Waals surface area contributed by atoms with Crippen LogP contribution in [0.3, 0.4) is 0 Å². The topological polar surface area (TPSA) is 51.1 Å². The van der Waals surface area contributed by atoms with Gasteiger partial charge in [0.05, 0.1) is 0 Å². The Bertz CT molecular complexity index is 445. The van der Waals surface area contributed by atoms with E-state index in [0.29, 0.717) is 11.4 Å². The van der Waals surface area contributed by atoms with Crippen molar-refractivity contribution in [3.63, 3.8) is 0 Å². The summed E-state index contributed by atoms with van der Waals surface area (Å²) < 4.78 is 13.9. The van der Waals surface area contributed by atoms with Crippen LogP contribution in [0.1, 0.15) is 30.8 Å². The Balaban J connectivity index is 2.74. The summed E-state index contributed by atoms with van der Waals surface area (Å²) >= 11 is 3.38. The van der Waals surface area contributed by atoms with E-state index in [1.807, 2.05) is 17.7 Å². The molecule has 1 rings (SSSR count). The fourth-order valence-electron chi connectivity index (χ4n) is 1.78. The van der Waals surface area contributed by atoms with Gasteiger partial charge in [0.2, 0.25) is 0 Å². The standard InChI is InChI=1S/C12H19BrN2O2S/c1-4-5-15-7-10(13)6-11(15)12(16)14-9(2)8-18(3)17/h6-7,9H,4-5,8H2,1-3H3,(H,14,16). The first-order valence-electron chi connectivity index (χ1n) is 5.90. The van der Waals surface area contributed by atoms with E-state index in [9.17, 15) is 9.00 Å². The van der Waals surface area contributed by atoms with Crippen LogP contribution in [-0.2, 0) is 17.3 Å². The van der Waals surface area contributed by atoms with Gasteiger partial charge in [-0.05, 0) is 35.3 Å². The summed E-state index contributed by atoms with van der Waals surface area (Å²) in [7, 11) is -0.903. The molecule has 2 atom stereocenters. The molecular weight excluding hydrogens is 316 g/mol. The minimum Gasteiger partial charge on any atom is -0.347 e. The molecule has 1 N–H and O–H groups in total. The number of rotatable bonds is 6. The zero-order valence-corrected chi connectivity index (χ0v) is 13.3. The number of amides is 1. The lowest BCUT2D eigenvalue weighted by molar-refractivity contribution is 0.0934. The molecule has 2 unspecified atom stereocenters. The van der Waals surface area contributed by atoms with Gasteiger partial charge in [-0.3, -0.25) is 9.00 Å². The first-order valence-corrected chi connectivity index (χ1v) is 8.42. The number of hydrogen-bond acceptors (Lipinski definition) is 2. The molecule has 6 heteroatoms. The quantitative estimate of drug-likeness (QED) is 0.866. The minimum atomic E-state index is -0.903. The number of aromatic nitrogens is 1. The molecule has 102 valence electrons. The highest BCUT2D eigenvalue weighted by atomic mass is 79.9. The van der Waals surface area contributed by atoms with Gasteiger partial charge in [-0.1, -0.05) is 6.92 Å². The van der Waals surface area contributed by atoms with Gasteiger partial charge in [0.1, 0.15) is 5.69 Å². The van der Waals surface area contributed by atoms with E-state index in [0.717, 1.165) is 17.4 Å². The highest BCUT2D eigenvalue weighted by molar-refractivity contribution is 9.10. The summed E-state index contributed by atoms with van der Waals surface area (Å²) in [6, 6.07) is 1.72. The monoisotopic (exact) mass is 334 g/mol. The lowest BCUT2D eigenvalue weighted by Crippen LogP contribution is -2.37. The van der Waals surface area contributed by atoms with Crippen LogP contribution in [-0.4, -0.2) is 32.7 Å². The van der Waals surface area contributed by atoms with E-state index in [1.165, 1.54) is 0 Å². The van der Waals surface area contributed by atoms with Crippen molar-refractivity contribution in [2.24, 2.45) is 0 Å². The van der Waals surface area contributed by atoms with Crippen molar-refractivity contribution in [1.29, 1.82) is 0 Å². The highest BCUT2D eigenvalue weighted by Gasteiger charge is 2.15. The number of carbonyl (C=O) groups is 1. The second-order valence-electron chi connectivity index (χ2n) is 4.35. The largest absolute Gasteiger partial charge is 0.347 e. The number of halogens is 1. The number of nitrogens with one attached hydrogen (secondary N) is 1. The van der Waals surface area contributed by atoms with Crippen LogP contribution in [0, 0.1) is 0 Å². The summed E-state index contributed by atoms with van der Waals surface area (Å²) in [5, 5.41) is 2.87. The molecule has 0 bridgehead atoms. The predicted molar refractivity (Wildman–Crippen MR) is 78.3 cm³/mol. The normalized spacial score (nSPS) is 14.2. The zero-order valence-electron chi connectivity index (χ0n) is 10.9. The van der Waals surface area contributed by atoms with Crippen LogP contribution in [0.5, 0.6) is 0 Å². The Kier molecular flexibility index (Phi) is 6.08. The summed E-state index contributed by atoms with van der Waals surface area (Å²) in [4.78, 5) is 12.1. The molecule has 0 saturated carbocycles. The molecule has 18 heavy (non-hydrogen) atoms. The summed E-state index contributed by atoms with van der Waals surface area (Å²) in [5.74, 6) is 0.355. The fourth-order valence-corrected chi connectivity index (χ4v) is 3.03. The van der Waals surface area contributed by atoms with Crippen molar-refractivity contribution in [3.8, 4) is 0 Å². The van der Waals surface area contributed by atoms with Crippen LogP contribution < -0.4 is 5.32 Å². The van der Waals surface area contributed by atoms with Gasteiger partial charge < -0.3 is 9.88 Å². The SMILES string of the molecule is CCCn1cc(Br)cc1C(=O)NC(C)CS(C)=O. The number of hydrogen-bond donors (Lipinski definition) is 1. The molecule has 1 amide bonds. The first kappa shape index (κ1) is 15.4. The van der Waals surface area contributed by atoms with E-state index in [-0.39, 0.29) is 11.9 Å². The van der Waals surface area contributed by atoms with Crippen molar-refractivity contribution in [3.05, 3.63) is 22.4 Å². The Morgan fingerprint density at radius 1 is 1.61 bits per heavy atom. The molecule has 0 aliphatic carbocycles. The molecule has 4 nitrogen and oxygen atoms in total. The number of carbonyl (C=O) groups excluding carboxylic acids is 1. The Labute approximate surface area is 119 Å². The van der Waals surface area contributed by atoms with Crippen molar-refractivity contribution in [2.45, 2.75) is 32.9 Å². The molecule has 0 aliphatic heterocycles. The second kappa shape index (κ2) is 7.09. The van der Waals surface area contributed by atoms with E-state index in [1.54, 1.807) is 12.3 Å². The second-order valence-corrected chi connectivity index (χ2v) is 6.75. The molecule has 0 spiro atoms. The maximum atomic E-state index is 12.1. The molecule has 1 heterocycles. The van der Waals surface area contributed by atoms with Crippen LogP contribution in [0.25, 0.3) is 0 Å². The number of aryl methyl sites for hydroxylation is 1. The van der Waals surface area contributed by atoms with E-state index in [2.05, 4.69) is 28.2 Å². The van der Waals surface area contributed by atoms with Gasteiger partial charge in [0.15, 0.2) is 0 Å². The summed E-state index contributed by atoms with van der Waals surface area (Å²) in [5.41, 5.74) is 0.637. The zero-order chi connectivity index (χ0) is 13.7. The minimum absolute atomic E-state index is 0.0907. The maximum absolute atomic E-state index is 12.1. The summed E-state index contributed by atoms with van der Waals surface area (Å²) in [6.45, 7) is 4.74. The molecule has 0 radical (unpaired) electrons. The molecule has 1 aromatic rings. The van der Waals surface area contributed by atoms with Crippen LogP contribution >= 0.6 is 15.9 Å². The third kappa shape index (κ3) is 4.57. The third-order valence-corrected chi connectivity index (χ3v) is 3.83. The Morgan fingerprint density at radius 3 is 2.83 bits per heavy atom. The smallest absolute Gasteiger partial charge is 0.268 e. The van der Waals surface area contributed by atoms with Gasteiger partial charge >= 0.3 is 0 Å². The van der Waals surface area contributed by atoms with Crippen molar-refractivity contribution < 1.29 is 9.00 Å². The van der Waals surface area contributed by atoms with Crippen molar-refractivity contribution in [2.75, 3.05) is 12.0 Å². The predicted octanol–water partition coefficient (Wildman–Crippen LogP) is 2.16. The number of nitrogens with zero attached hydrogens (tertiary/aromatic N) is 1. The van der Waals surface area contributed by atoms with Gasteiger partial charge in [0, 0.05) is 46.1 Å². The average Bonchev–Trinajstić information content (AvgIpc) is 2.58. The average molecular weight is 335 g/mol. The molecule has 0 saturated heterocycles. The third-order valence-electron chi connectivity index (χ3n) is 2.42. The van der Waals surface area contributed by atoms with E-state index in [4.69, 9.17) is 0 Å². The van der Waals surface area contributed by atoms with Crippen LogP contribution in [0.2, 0.25) is 0 Å². The van der Waals surface area contributed by atoms with Gasteiger partial charge in [-0.15, -0.1) is 0 Å². The molecule has 1 aromatic heterocycles.